The summed E-state index contributed by atoms with van der Waals surface area (Å²) in [5, 5.41) is 2.50. The number of fused-ring (bicyclic) bond motifs is 8. The van der Waals surface area contributed by atoms with Crippen molar-refractivity contribution in [3.8, 4) is 11.1 Å². The number of rotatable bonds is 7. The summed E-state index contributed by atoms with van der Waals surface area (Å²) < 4.78 is 0. The Morgan fingerprint density at radius 3 is 2.37 bits per heavy atom. The van der Waals surface area contributed by atoms with E-state index < -0.39 is 0 Å². The number of benzene rings is 6. The summed E-state index contributed by atoms with van der Waals surface area (Å²) in [5.41, 5.74) is 11.6. The van der Waals surface area contributed by atoms with E-state index in [1.54, 1.807) is 0 Å². The van der Waals surface area contributed by atoms with Gasteiger partial charge in [-0.1, -0.05) is 128 Å². The Labute approximate surface area is 320 Å². The fraction of sp³-hybridized carbons (Fsp3) is 0.231. The van der Waals surface area contributed by atoms with Gasteiger partial charge in [0.15, 0.2) is 0 Å². The van der Waals surface area contributed by atoms with Gasteiger partial charge in [0, 0.05) is 34.1 Å². The molecule has 11 rings (SSSR count). The number of hydrogen-bond donors (Lipinski definition) is 0. The maximum absolute atomic E-state index is 4.32. The lowest BCUT2D eigenvalue weighted by atomic mass is 9.63. The average Bonchev–Trinajstić information content (AvgIpc) is 3.36. The summed E-state index contributed by atoms with van der Waals surface area (Å²) in [6.07, 6.45) is 17.7. The van der Waals surface area contributed by atoms with Gasteiger partial charge in [0.05, 0.1) is 11.7 Å². The molecule has 5 aliphatic rings. The lowest BCUT2D eigenvalue weighted by Crippen LogP contribution is -2.34. The van der Waals surface area contributed by atoms with Crippen LogP contribution in [0.15, 0.2) is 176 Å². The molecule has 4 aliphatic carbocycles. The third kappa shape index (κ3) is 5.54. The highest BCUT2D eigenvalue weighted by Crippen LogP contribution is 2.55. The lowest BCUT2D eigenvalue weighted by molar-refractivity contribution is 0.206. The zero-order chi connectivity index (χ0) is 36.2. The predicted octanol–water partition coefficient (Wildman–Crippen LogP) is 14.0. The molecule has 266 valence electrons. The zero-order valence-electron chi connectivity index (χ0n) is 31.2. The molecular weight excluding hydrogens is 653 g/mol. The van der Waals surface area contributed by atoms with E-state index in [0.717, 1.165) is 17.5 Å². The fourth-order valence-electron chi connectivity index (χ4n) is 10.9. The van der Waals surface area contributed by atoms with Crippen LogP contribution in [-0.4, -0.2) is 6.04 Å². The van der Waals surface area contributed by atoms with E-state index >= 15 is 0 Å². The van der Waals surface area contributed by atoms with Crippen molar-refractivity contribution >= 4 is 39.2 Å². The molecule has 0 amide bonds. The van der Waals surface area contributed by atoms with Crippen LogP contribution in [0.2, 0.25) is 0 Å². The second-order valence-corrected chi connectivity index (χ2v) is 16.4. The van der Waals surface area contributed by atoms with Crippen LogP contribution in [0, 0.1) is 17.8 Å². The largest absolute Gasteiger partial charge is 0.333 e. The molecule has 0 aromatic heterocycles. The summed E-state index contributed by atoms with van der Waals surface area (Å²) in [5.74, 6) is 2.46. The van der Waals surface area contributed by atoms with Crippen LogP contribution in [0.5, 0.6) is 0 Å². The van der Waals surface area contributed by atoms with Gasteiger partial charge < -0.3 is 9.80 Å². The normalized spacial score (nSPS) is 25.3. The summed E-state index contributed by atoms with van der Waals surface area (Å²) in [6.45, 7) is 6.80. The molecule has 1 heterocycles. The number of para-hydroxylation sites is 1. The third-order valence-corrected chi connectivity index (χ3v) is 13.2. The average molecular weight is 701 g/mol. The van der Waals surface area contributed by atoms with Crippen molar-refractivity contribution < 1.29 is 0 Å². The second kappa shape index (κ2) is 13.4. The molecule has 0 spiro atoms. The Morgan fingerprint density at radius 2 is 1.46 bits per heavy atom. The number of allylic oxidation sites excluding steroid dienone is 3. The van der Waals surface area contributed by atoms with Gasteiger partial charge in [0.1, 0.15) is 0 Å². The standard InChI is InChI=1S/C52H48N2/c1-3-37-35-52(29-28-41(37)30-36(2)34-52)42-18-13-21-45(33-42)53(49-27-12-15-38-14-4-5-22-46(38)49)43-19-10-16-39(31-43)40-17-11-20-44(32-40)54-50-25-8-6-23-47(50)48-24-7-9-26-51(48)54/h3-27,31-33,36-37,41,47,50H,1,28-30,34-35H2,2H3/t36-,37+,41?,47?,50?,52?/m0/s1. The Hall–Kier alpha value is -5.60. The minimum Gasteiger partial charge on any atom is -0.333 e. The van der Waals surface area contributed by atoms with Gasteiger partial charge in [-0.2, -0.15) is 0 Å². The Morgan fingerprint density at radius 1 is 0.722 bits per heavy atom. The van der Waals surface area contributed by atoms with Crippen LogP contribution in [0.4, 0.5) is 28.4 Å². The molecule has 6 aromatic carbocycles. The van der Waals surface area contributed by atoms with Gasteiger partial charge in [-0.3, -0.25) is 0 Å². The molecule has 0 radical (unpaired) electrons. The van der Waals surface area contributed by atoms with E-state index in [-0.39, 0.29) is 11.5 Å². The van der Waals surface area contributed by atoms with Gasteiger partial charge in [-0.25, -0.2) is 0 Å². The van der Waals surface area contributed by atoms with Crippen LogP contribution in [-0.2, 0) is 5.41 Å². The number of nitrogens with zero attached hydrogens (tertiary/aromatic N) is 2. The van der Waals surface area contributed by atoms with Gasteiger partial charge in [0.25, 0.3) is 0 Å². The van der Waals surface area contributed by atoms with Crippen LogP contribution in [0.3, 0.4) is 0 Å². The minimum atomic E-state index is 0.185. The molecule has 6 atom stereocenters. The Bertz CT molecular complexity index is 2430. The first kappa shape index (κ1) is 33.0. The summed E-state index contributed by atoms with van der Waals surface area (Å²) in [7, 11) is 0. The maximum Gasteiger partial charge on any atom is 0.0629 e. The highest BCUT2D eigenvalue weighted by molar-refractivity contribution is 5.99. The zero-order valence-corrected chi connectivity index (χ0v) is 31.2. The van der Waals surface area contributed by atoms with E-state index in [2.05, 4.69) is 193 Å². The molecular formula is C52H48N2. The van der Waals surface area contributed by atoms with Crippen LogP contribution in [0.1, 0.15) is 56.1 Å². The van der Waals surface area contributed by atoms with E-state index in [9.17, 15) is 0 Å². The molecule has 1 aliphatic heterocycles. The van der Waals surface area contributed by atoms with Crippen molar-refractivity contribution in [2.75, 3.05) is 9.80 Å². The quantitative estimate of drug-likeness (QED) is 0.153. The minimum absolute atomic E-state index is 0.185. The lowest BCUT2D eigenvalue weighted by Gasteiger charge is -2.42. The Balaban J connectivity index is 1.08. The summed E-state index contributed by atoms with van der Waals surface area (Å²) in [6, 6.07) is 52.6. The molecule has 6 aromatic rings. The summed E-state index contributed by atoms with van der Waals surface area (Å²) in [4.78, 5) is 5.03. The maximum atomic E-state index is 4.32. The molecule has 0 N–H and O–H groups in total. The topological polar surface area (TPSA) is 6.48 Å². The third-order valence-electron chi connectivity index (χ3n) is 13.2. The van der Waals surface area contributed by atoms with Crippen molar-refractivity contribution in [1.82, 2.24) is 0 Å². The highest BCUT2D eigenvalue weighted by Gasteiger charge is 2.45. The van der Waals surface area contributed by atoms with Gasteiger partial charge in [-0.15, -0.1) is 6.58 Å². The van der Waals surface area contributed by atoms with Crippen LogP contribution in [0.25, 0.3) is 21.9 Å². The molecule has 2 heteroatoms. The first-order valence-corrected chi connectivity index (χ1v) is 20.0. The molecule has 0 saturated heterocycles. The van der Waals surface area contributed by atoms with Gasteiger partial charge >= 0.3 is 0 Å². The highest BCUT2D eigenvalue weighted by atomic mass is 15.2. The first-order valence-electron chi connectivity index (χ1n) is 20.0. The van der Waals surface area contributed by atoms with Crippen LogP contribution < -0.4 is 9.80 Å². The van der Waals surface area contributed by atoms with Crippen molar-refractivity contribution in [3.05, 3.63) is 188 Å². The molecule has 3 fully saturated rings. The van der Waals surface area contributed by atoms with Crippen molar-refractivity contribution in [2.24, 2.45) is 17.8 Å². The SMILES string of the molecule is C=C[C@@H]1CC2(c3cccc(N(c4cccc(-c5cccc(N6c7ccccc7C7C=CC=CC76)c5)c4)c4cccc5ccccc45)c3)CCC1C[C@H](C)C2. The second-order valence-electron chi connectivity index (χ2n) is 16.4. The number of anilines is 5. The van der Waals surface area contributed by atoms with Gasteiger partial charge in [-0.05, 0) is 131 Å². The number of hydrogen-bond acceptors (Lipinski definition) is 2. The molecule has 2 nitrogen and oxygen atoms in total. The molecule has 54 heavy (non-hydrogen) atoms. The predicted molar refractivity (Wildman–Crippen MR) is 229 cm³/mol. The van der Waals surface area contributed by atoms with Crippen molar-refractivity contribution in [2.45, 2.75) is 56.4 Å². The van der Waals surface area contributed by atoms with E-state index in [4.69, 9.17) is 0 Å². The molecule has 3 saturated carbocycles. The smallest absolute Gasteiger partial charge is 0.0629 e. The Kier molecular flexibility index (Phi) is 8.17. The van der Waals surface area contributed by atoms with Crippen LogP contribution >= 0.6 is 0 Å². The van der Waals surface area contributed by atoms with E-state index in [1.165, 1.54) is 87.9 Å². The van der Waals surface area contributed by atoms with Crippen molar-refractivity contribution in [3.63, 3.8) is 0 Å². The fourth-order valence-corrected chi connectivity index (χ4v) is 10.9. The van der Waals surface area contributed by atoms with E-state index in [1.807, 2.05) is 0 Å². The summed E-state index contributed by atoms with van der Waals surface area (Å²) >= 11 is 0. The van der Waals surface area contributed by atoms with Crippen molar-refractivity contribution in [1.29, 1.82) is 0 Å². The molecule has 4 unspecified atom stereocenters. The monoisotopic (exact) mass is 700 g/mol. The molecule has 2 bridgehead atoms. The van der Waals surface area contributed by atoms with Gasteiger partial charge in [0.2, 0.25) is 0 Å². The van der Waals surface area contributed by atoms with E-state index in [0.29, 0.717) is 11.8 Å². The first-order chi connectivity index (χ1) is 26.6.